The minimum Gasteiger partial charge on any atom is -0.360 e. The minimum atomic E-state index is -0.383. The van der Waals surface area contributed by atoms with Gasteiger partial charge in [0.1, 0.15) is 0 Å². The minimum absolute atomic E-state index is 0.0870. The van der Waals surface area contributed by atoms with Gasteiger partial charge in [0.05, 0.1) is 6.04 Å². The van der Waals surface area contributed by atoms with Gasteiger partial charge >= 0.3 is 0 Å². The molecule has 0 aliphatic carbocycles. The van der Waals surface area contributed by atoms with Crippen LogP contribution in [0.3, 0.4) is 0 Å². The maximum atomic E-state index is 13.5. The van der Waals surface area contributed by atoms with Gasteiger partial charge in [-0.3, -0.25) is 4.79 Å². The van der Waals surface area contributed by atoms with Crippen LogP contribution in [-0.4, -0.2) is 17.3 Å². The van der Waals surface area contributed by atoms with E-state index in [9.17, 15) is 4.79 Å². The van der Waals surface area contributed by atoms with Crippen LogP contribution in [0.15, 0.2) is 91.1 Å². The summed E-state index contributed by atoms with van der Waals surface area (Å²) in [6.07, 6.45) is 1.82. The summed E-state index contributed by atoms with van der Waals surface area (Å²) in [4.78, 5) is 16.7. The van der Waals surface area contributed by atoms with Crippen molar-refractivity contribution in [2.45, 2.75) is 18.9 Å². The average molecular weight is 368 g/mol. The third kappa shape index (κ3) is 3.75. The van der Waals surface area contributed by atoms with E-state index in [0.717, 1.165) is 28.6 Å². The normalized spacial score (nSPS) is 13.3. The van der Waals surface area contributed by atoms with Crippen LogP contribution >= 0.6 is 0 Å². The topological polar surface area (TPSA) is 44.9 Å². The lowest BCUT2D eigenvalue weighted by Gasteiger charge is -2.21. The molecular weight excluding hydrogens is 344 g/mol. The Morgan fingerprint density at radius 2 is 1.46 bits per heavy atom. The van der Waals surface area contributed by atoms with E-state index in [1.54, 1.807) is 0 Å². The molecule has 2 N–H and O–H groups in total. The Balaban J connectivity index is 1.61. The predicted molar refractivity (Wildman–Crippen MR) is 115 cm³/mol. The Hall–Kier alpha value is -3.17. The molecule has 0 saturated heterocycles. The summed E-state index contributed by atoms with van der Waals surface area (Å²) in [6, 6.07) is 27.9. The van der Waals surface area contributed by atoms with Gasteiger partial charge in [-0.1, -0.05) is 85.8 Å². The lowest BCUT2D eigenvalue weighted by molar-refractivity contribution is 0.0944. The first-order valence-corrected chi connectivity index (χ1v) is 9.67. The molecule has 0 saturated carbocycles. The molecule has 4 rings (SSSR count). The number of H-pyrrole nitrogens is 1. The standard InChI is InChI=1S/C25H24N2O/c1-18(19-10-4-2-5-11-19)16-27-24(20-12-6-3-7-13-20)25(28)22-17-26-23-15-9-8-14-21(22)23/h2-15,17-18,24,26-27H,16H2,1H3/t18?,24-/m0/s1. The molecule has 1 aromatic heterocycles. The number of carbonyl (C=O) groups excluding carboxylic acids is 1. The molecule has 0 fully saturated rings. The smallest absolute Gasteiger partial charge is 0.186 e. The van der Waals surface area contributed by atoms with Crippen molar-refractivity contribution in [3.63, 3.8) is 0 Å². The lowest BCUT2D eigenvalue weighted by Crippen LogP contribution is -2.31. The maximum absolute atomic E-state index is 13.5. The van der Waals surface area contributed by atoms with Gasteiger partial charge in [0.25, 0.3) is 0 Å². The Bertz CT molecular complexity index is 1050. The highest BCUT2D eigenvalue weighted by atomic mass is 16.1. The van der Waals surface area contributed by atoms with Gasteiger partial charge < -0.3 is 10.3 Å². The number of carbonyl (C=O) groups is 1. The van der Waals surface area contributed by atoms with Crippen LogP contribution in [0.2, 0.25) is 0 Å². The number of aromatic nitrogens is 1. The van der Waals surface area contributed by atoms with Crippen LogP contribution in [0.25, 0.3) is 10.9 Å². The molecule has 0 bridgehead atoms. The Labute approximate surface area is 165 Å². The maximum Gasteiger partial charge on any atom is 0.186 e. The van der Waals surface area contributed by atoms with Crippen molar-refractivity contribution in [2.24, 2.45) is 0 Å². The number of rotatable bonds is 7. The summed E-state index contributed by atoms with van der Waals surface area (Å²) in [5, 5.41) is 4.49. The summed E-state index contributed by atoms with van der Waals surface area (Å²) in [6.45, 7) is 2.90. The fraction of sp³-hybridized carbons (Fsp3) is 0.160. The van der Waals surface area contributed by atoms with E-state index in [4.69, 9.17) is 0 Å². The van der Waals surface area contributed by atoms with Gasteiger partial charge in [-0.2, -0.15) is 0 Å². The number of fused-ring (bicyclic) bond motifs is 1. The molecule has 0 aliphatic heterocycles. The van der Waals surface area contributed by atoms with Crippen LogP contribution in [0.4, 0.5) is 0 Å². The molecule has 0 aliphatic rings. The van der Waals surface area contributed by atoms with Crippen molar-refractivity contribution in [2.75, 3.05) is 6.54 Å². The predicted octanol–water partition coefficient (Wildman–Crippen LogP) is 5.49. The largest absolute Gasteiger partial charge is 0.360 e. The summed E-state index contributed by atoms with van der Waals surface area (Å²) < 4.78 is 0. The number of Topliss-reactive ketones (excluding diaryl/α,β-unsaturated/α-hetero) is 1. The zero-order valence-electron chi connectivity index (χ0n) is 15.9. The van der Waals surface area contributed by atoms with E-state index in [2.05, 4.69) is 41.5 Å². The fourth-order valence-corrected chi connectivity index (χ4v) is 3.63. The second-order valence-corrected chi connectivity index (χ2v) is 7.18. The van der Waals surface area contributed by atoms with Crippen LogP contribution in [-0.2, 0) is 0 Å². The van der Waals surface area contributed by atoms with E-state index >= 15 is 0 Å². The summed E-state index contributed by atoms with van der Waals surface area (Å²) >= 11 is 0. The molecule has 3 aromatic carbocycles. The monoisotopic (exact) mass is 368 g/mol. The van der Waals surface area contributed by atoms with Gasteiger partial charge in [-0.25, -0.2) is 0 Å². The van der Waals surface area contributed by atoms with Crippen molar-refractivity contribution in [1.82, 2.24) is 10.3 Å². The molecule has 0 spiro atoms. The molecule has 4 aromatic rings. The van der Waals surface area contributed by atoms with Crippen LogP contribution < -0.4 is 5.32 Å². The van der Waals surface area contributed by atoms with E-state index < -0.39 is 0 Å². The first kappa shape index (κ1) is 18.2. The molecule has 0 radical (unpaired) electrons. The third-order valence-electron chi connectivity index (χ3n) is 5.25. The molecule has 1 heterocycles. The second kappa shape index (κ2) is 8.24. The average Bonchev–Trinajstić information content (AvgIpc) is 3.19. The summed E-state index contributed by atoms with van der Waals surface area (Å²) in [5.74, 6) is 0.395. The number of para-hydroxylation sites is 1. The quantitative estimate of drug-likeness (QED) is 0.424. The number of hydrogen-bond donors (Lipinski definition) is 2. The van der Waals surface area contributed by atoms with Crippen molar-refractivity contribution >= 4 is 16.7 Å². The number of nitrogens with one attached hydrogen (secondary N) is 2. The molecule has 3 heteroatoms. The zero-order chi connectivity index (χ0) is 19.3. The van der Waals surface area contributed by atoms with Crippen molar-refractivity contribution in [3.05, 3.63) is 108 Å². The zero-order valence-corrected chi connectivity index (χ0v) is 15.9. The SMILES string of the molecule is CC(CN[C@H](C(=O)c1c[nH]c2ccccc12)c1ccccc1)c1ccccc1. The molecular formula is C25H24N2O. The van der Waals surface area contributed by atoms with Crippen LogP contribution in [0.5, 0.6) is 0 Å². The molecule has 1 unspecified atom stereocenters. The van der Waals surface area contributed by atoms with Gasteiger partial charge in [-0.05, 0) is 23.1 Å². The van der Waals surface area contributed by atoms with Gasteiger partial charge in [0, 0.05) is 29.2 Å². The molecule has 140 valence electrons. The highest BCUT2D eigenvalue weighted by Crippen LogP contribution is 2.25. The molecule has 3 nitrogen and oxygen atoms in total. The third-order valence-corrected chi connectivity index (χ3v) is 5.25. The number of benzene rings is 3. The van der Waals surface area contributed by atoms with Gasteiger partial charge in [-0.15, -0.1) is 0 Å². The van der Waals surface area contributed by atoms with E-state index in [-0.39, 0.29) is 11.8 Å². The van der Waals surface area contributed by atoms with E-state index in [0.29, 0.717) is 5.92 Å². The number of aromatic amines is 1. The van der Waals surface area contributed by atoms with Crippen LogP contribution in [0, 0.1) is 0 Å². The Morgan fingerprint density at radius 1 is 0.857 bits per heavy atom. The van der Waals surface area contributed by atoms with Crippen molar-refractivity contribution in [3.8, 4) is 0 Å². The van der Waals surface area contributed by atoms with Crippen molar-refractivity contribution in [1.29, 1.82) is 0 Å². The van der Waals surface area contributed by atoms with Crippen molar-refractivity contribution < 1.29 is 4.79 Å². The highest BCUT2D eigenvalue weighted by Gasteiger charge is 2.24. The molecule has 0 amide bonds. The fourth-order valence-electron chi connectivity index (χ4n) is 3.63. The first-order valence-electron chi connectivity index (χ1n) is 9.67. The second-order valence-electron chi connectivity index (χ2n) is 7.18. The van der Waals surface area contributed by atoms with Gasteiger partial charge in [0.15, 0.2) is 5.78 Å². The molecule has 2 atom stereocenters. The number of ketones is 1. The Kier molecular flexibility index (Phi) is 5.36. The first-order chi connectivity index (χ1) is 13.7. The van der Waals surface area contributed by atoms with E-state index in [1.165, 1.54) is 5.56 Å². The Morgan fingerprint density at radius 3 is 2.18 bits per heavy atom. The summed E-state index contributed by atoms with van der Waals surface area (Å²) in [5.41, 5.74) is 3.96. The van der Waals surface area contributed by atoms with E-state index in [1.807, 2.05) is 66.9 Å². The summed E-state index contributed by atoms with van der Waals surface area (Å²) in [7, 11) is 0. The highest BCUT2D eigenvalue weighted by molar-refractivity contribution is 6.10. The number of hydrogen-bond acceptors (Lipinski definition) is 2. The van der Waals surface area contributed by atoms with Gasteiger partial charge in [0.2, 0.25) is 0 Å². The molecule has 28 heavy (non-hydrogen) atoms. The lowest BCUT2D eigenvalue weighted by atomic mass is 9.95. The van der Waals surface area contributed by atoms with Crippen LogP contribution in [0.1, 0.15) is 40.4 Å².